The number of para-hydroxylation sites is 1. The van der Waals surface area contributed by atoms with Gasteiger partial charge in [-0.15, -0.1) is 0 Å². The Morgan fingerprint density at radius 1 is 0.871 bits per heavy atom. The lowest BCUT2D eigenvalue weighted by Gasteiger charge is -2.18. The maximum absolute atomic E-state index is 12.4. The number of aryl methyl sites for hydroxylation is 1. The van der Waals surface area contributed by atoms with Gasteiger partial charge in [-0.25, -0.2) is 0 Å². The van der Waals surface area contributed by atoms with Crippen molar-refractivity contribution in [3.8, 4) is 5.75 Å². The van der Waals surface area contributed by atoms with Gasteiger partial charge in [0, 0.05) is 22.6 Å². The van der Waals surface area contributed by atoms with Crippen LogP contribution in [0.1, 0.15) is 31.0 Å². The first-order valence-corrected chi connectivity index (χ1v) is 10.2. The Kier molecular flexibility index (Phi) is 7.27. The van der Waals surface area contributed by atoms with Gasteiger partial charge in [-0.05, 0) is 63.2 Å². The lowest BCUT2D eigenvalue weighted by molar-refractivity contribution is -0.136. The topological polar surface area (TPSA) is 79.5 Å². The van der Waals surface area contributed by atoms with Crippen LogP contribution in [0.5, 0.6) is 5.75 Å². The number of hydrogen-bond acceptors (Lipinski definition) is 4. The van der Waals surface area contributed by atoms with Crippen LogP contribution in [0.15, 0.2) is 72.8 Å². The molecule has 6 heteroatoms. The normalized spacial score (nSPS) is 11.3. The highest BCUT2D eigenvalue weighted by atomic mass is 16.5. The maximum atomic E-state index is 12.4. The maximum Gasteiger partial charge on any atom is 0.313 e. The average molecular weight is 418 g/mol. The zero-order valence-electron chi connectivity index (χ0n) is 17.9. The Labute approximate surface area is 182 Å². The van der Waals surface area contributed by atoms with Gasteiger partial charge in [-0.3, -0.25) is 9.59 Å². The molecule has 0 heterocycles. The van der Waals surface area contributed by atoms with Crippen molar-refractivity contribution in [2.75, 3.05) is 17.2 Å². The quantitative estimate of drug-likeness (QED) is 0.475. The first-order valence-electron chi connectivity index (χ1n) is 10.2. The zero-order chi connectivity index (χ0) is 22.2. The standard InChI is InChI=1S/C25H27N3O3/c1-4-31-23-15-10-17(2)16-22(23)18(3)26-24(29)25(30)28-21-13-11-20(12-14-21)27-19-8-6-5-7-9-19/h5-16,18,27H,4H2,1-3H3,(H,26,29)(H,28,30). The third kappa shape index (κ3) is 6.09. The molecule has 0 bridgehead atoms. The summed E-state index contributed by atoms with van der Waals surface area (Å²) >= 11 is 0. The highest BCUT2D eigenvalue weighted by Gasteiger charge is 2.19. The molecule has 0 saturated heterocycles. The molecular formula is C25H27N3O3. The minimum absolute atomic E-state index is 0.378. The second-order valence-corrected chi connectivity index (χ2v) is 7.19. The highest BCUT2D eigenvalue weighted by molar-refractivity contribution is 6.39. The van der Waals surface area contributed by atoms with Crippen LogP contribution < -0.4 is 20.7 Å². The lowest BCUT2D eigenvalue weighted by Crippen LogP contribution is -2.37. The van der Waals surface area contributed by atoms with Gasteiger partial charge >= 0.3 is 11.8 Å². The molecule has 1 unspecified atom stereocenters. The third-order valence-electron chi connectivity index (χ3n) is 4.69. The van der Waals surface area contributed by atoms with E-state index < -0.39 is 11.8 Å². The summed E-state index contributed by atoms with van der Waals surface area (Å²) in [4.78, 5) is 24.8. The van der Waals surface area contributed by atoms with Gasteiger partial charge in [0.2, 0.25) is 0 Å². The summed E-state index contributed by atoms with van der Waals surface area (Å²) in [6.45, 7) is 6.22. The van der Waals surface area contributed by atoms with Crippen LogP contribution >= 0.6 is 0 Å². The number of hydrogen-bond donors (Lipinski definition) is 3. The zero-order valence-corrected chi connectivity index (χ0v) is 17.9. The molecule has 0 spiro atoms. The minimum Gasteiger partial charge on any atom is -0.494 e. The van der Waals surface area contributed by atoms with Crippen molar-refractivity contribution >= 4 is 28.9 Å². The lowest BCUT2D eigenvalue weighted by atomic mass is 10.0. The smallest absolute Gasteiger partial charge is 0.313 e. The van der Waals surface area contributed by atoms with E-state index in [4.69, 9.17) is 4.74 Å². The van der Waals surface area contributed by atoms with Crippen molar-refractivity contribution in [3.05, 3.63) is 83.9 Å². The number of rotatable bonds is 7. The van der Waals surface area contributed by atoms with E-state index in [1.807, 2.05) is 81.4 Å². The fourth-order valence-corrected chi connectivity index (χ4v) is 3.15. The first-order chi connectivity index (χ1) is 15.0. The van der Waals surface area contributed by atoms with Crippen molar-refractivity contribution in [3.63, 3.8) is 0 Å². The molecule has 0 aliphatic heterocycles. The van der Waals surface area contributed by atoms with Gasteiger partial charge in [-0.1, -0.05) is 35.9 Å². The predicted octanol–water partition coefficient (Wildman–Crippen LogP) is 4.95. The van der Waals surface area contributed by atoms with Crippen molar-refractivity contribution < 1.29 is 14.3 Å². The van der Waals surface area contributed by atoms with Crippen molar-refractivity contribution in [2.24, 2.45) is 0 Å². The largest absolute Gasteiger partial charge is 0.494 e. The molecule has 0 fully saturated rings. The van der Waals surface area contributed by atoms with E-state index in [0.717, 1.165) is 22.5 Å². The number of benzene rings is 3. The molecule has 3 aromatic carbocycles. The monoisotopic (exact) mass is 417 g/mol. The number of ether oxygens (including phenoxy) is 1. The second kappa shape index (κ2) is 10.3. The van der Waals surface area contributed by atoms with Crippen LogP contribution in [-0.2, 0) is 9.59 Å². The fourth-order valence-electron chi connectivity index (χ4n) is 3.15. The molecule has 0 radical (unpaired) electrons. The fraction of sp³-hybridized carbons (Fsp3) is 0.200. The molecule has 3 rings (SSSR count). The summed E-state index contributed by atoms with van der Waals surface area (Å²) in [6.07, 6.45) is 0. The number of carbonyl (C=O) groups is 2. The van der Waals surface area contributed by atoms with E-state index in [1.54, 1.807) is 12.1 Å². The second-order valence-electron chi connectivity index (χ2n) is 7.19. The van der Waals surface area contributed by atoms with E-state index in [0.29, 0.717) is 18.0 Å². The van der Waals surface area contributed by atoms with Gasteiger partial charge in [0.1, 0.15) is 5.75 Å². The van der Waals surface area contributed by atoms with Crippen molar-refractivity contribution in [2.45, 2.75) is 26.8 Å². The van der Waals surface area contributed by atoms with Gasteiger partial charge in [0.05, 0.1) is 12.6 Å². The molecule has 3 N–H and O–H groups in total. The van der Waals surface area contributed by atoms with Crippen molar-refractivity contribution in [1.82, 2.24) is 5.32 Å². The SMILES string of the molecule is CCOc1ccc(C)cc1C(C)NC(=O)C(=O)Nc1ccc(Nc2ccccc2)cc1. The minimum atomic E-state index is -0.721. The van der Waals surface area contributed by atoms with Gasteiger partial charge in [0.25, 0.3) is 0 Å². The van der Waals surface area contributed by atoms with Gasteiger partial charge < -0.3 is 20.7 Å². The van der Waals surface area contributed by atoms with E-state index in [1.165, 1.54) is 0 Å². The molecule has 6 nitrogen and oxygen atoms in total. The number of nitrogens with one attached hydrogen (secondary N) is 3. The van der Waals surface area contributed by atoms with E-state index >= 15 is 0 Å². The average Bonchev–Trinajstić information content (AvgIpc) is 2.77. The molecule has 0 aliphatic carbocycles. The Morgan fingerprint density at radius 3 is 2.19 bits per heavy atom. The Bertz CT molecular complexity index is 1030. The summed E-state index contributed by atoms with van der Waals surface area (Å²) in [5, 5.41) is 8.64. The predicted molar refractivity (Wildman–Crippen MR) is 124 cm³/mol. The van der Waals surface area contributed by atoms with Crippen molar-refractivity contribution in [1.29, 1.82) is 0 Å². The summed E-state index contributed by atoms with van der Waals surface area (Å²) < 4.78 is 5.65. The van der Waals surface area contributed by atoms with Crippen LogP contribution in [0.2, 0.25) is 0 Å². The van der Waals surface area contributed by atoms with Crippen LogP contribution in [0, 0.1) is 6.92 Å². The van der Waals surface area contributed by atoms with Gasteiger partial charge in [0.15, 0.2) is 0 Å². The van der Waals surface area contributed by atoms with Crippen LogP contribution in [0.4, 0.5) is 17.1 Å². The Morgan fingerprint density at radius 2 is 1.52 bits per heavy atom. The van der Waals surface area contributed by atoms with Crippen LogP contribution in [-0.4, -0.2) is 18.4 Å². The molecule has 0 aromatic heterocycles. The molecule has 0 aliphatic rings. The van der Waals surface area contributed by atoms with E-state index in [2.05, 4.69) is 16.0 Å². The van der Waals surface area contributed by atoms with Gasteiger partial charge in [-0.2, -0.15) is 0 Å². The Balaban J connectivity index is 1.59. The molecule has 1 atom stereocenters. The molecule has 31 heavy (non-hydrogen) atoms. The summed E-state index contributed by atoms with van der Waals surface area (Å²) in [6, 6.07) is 22.3. The summed E-state index contributed by atoms with van der Waals surface area (Å²) in [5.74, 6) is -0.730. The van der Waals surface area contributed by atoms with E-state index in [-0.39, 0.29) is 6.04 Å². The summed E-state index contributed by atoms with van der Waals surface area (Å²) in [5.41, 5.74) is 4.27. The molecule has 160 valence electrons. The van der Waals surface area contributed by atoms with Crippen LogP contribution in [0.25, 0.3) is 0 Å². The molecule has 3 aromatic rings. The Hall–Kier alpha value is -3.80. The first kappa shape index (κ1) is 21.9. The number of amides is 2. The van der Waals surface area contributed by atoms with E-state index in [9.17, 15) is 9.59 Å². The van der Waals surface area contributed by atoms with Crippen LogP contribution in [0.3, 0.4) is 0 Å². The highest BCUT2D eigenvalue weighted by Crippen LogP contribution is 2.26. The summed E-state index contributed by atoms with van der Waals surface area (Å²) in [7, 11) is 0. The molecule has 2 amide bonds. The third-order valence-corrected chi connectivity index (χ3v) is 4.69. The number of anilines is 3. The number of carbonyl (C=O) groups excluding carboxylic acids is 2. The molecule has 0 saturated carbocycles. The molecular weight excluding hydrogens is 390 g/mol.